The number of hydrogen-bond acceptors (Lipinski definition) is 6. The lowest BCUT2D eigenvalue weighted by Gasteiger charge is -2.15. The van der Waals surface area contributed by atoms with Gasteiger partial charge in [0.2, 0.25) is 5.75 Å². The normalized spacial score (nSPS) is 11.2. The Kier molecular flexibility index (Phi) is 7.26. The Balaban J connectivity index is 2.75. The van der Waals surface area contributed by atoms with Gasteiger partial charge in [-0.15, -0.1) is 0 Å². The SMILES string of the molecule is COc1cc(C(=O)NCCNS(=O)(=O)N(C)C)cc(OC)c1OC. The Morgan fingerprint density at radius 2 is 1.58 bits per heavy atom. The summed E-state index contributed by atoms with van der Waals surface area (Å²) in [5.74, 6) is 0.708. The number of rotatable bonds is 9. The van der Waals surface area contributed by atoms with Crippen molar-refractivity contribution in [2.24, 2.45) is 0 Å². The van der Waals surface area contributed by atoms with Crippen molar-refractivity contribution in [1.29, 1.82) is 0 Å². The molecule has 0 spiro atoms. The van der Waals surface area contributed by atoms with Gasteiger partial charge in [0.05, 0.1) is 21.3 Å². The van der Waals surface area contributed by atoms with Crippen molar-refractivity contribution >= 4 is 16.1 Å². The first kappa shape index (κ1) is 20.0. The summed E-state index contributed by atoms with van der Waals surface area (Å²) in [6, 6.07) is 3.03. The van der Waals surface area contributed by atoms with E-state index in [1.54, 1.807) is 0 Å². The van der Waals surface area contributed by atoms with E-state index in [4.69, 9.17) is 14.2 Å². The first-order chi connectivity index (χ1) is 11.3. The smallest absolute Gasteiger partial charge is 0.278 e. The largest absolute Gasteiger partial charge is 0.493 e. The van der Waals surface area contributed by atoms with Crippen LogP contribution in [0.15, 0.2) is 12.1 Å². The fraction of sp³-hybridized carbons (Fsp3) is 0.500. The van der Waals surface area contributed by atoms with Gasteiger partial charge in [-0.2, -0.15) is 12.7 Å². The highest BCUT2D eigenvalue weighted by atomic mass is 32.2. The van der Waals surface area contributed by atoms with Crippen LogP contribution < -0.4 is 24.2 Å². The van der Waals surface area contributed by atoms with Gasteiger partial charge in [-0.1, -0.05) is 0 Å². The van der Waals surface area contributed by atoms with E-state index in [9.17, 15) is 13.2 Å². The summed E-state index contributed by atoms with van der Waals surface area (Å²) in [4.78, 5) is 12.2. The van der Waals surface area contributed by atoms with Crippen molar-refractivity contribution in [3.05, 3.63) is 17.7 Å². The lowest BCUT2D eigenvalue weighted by molar-refractivity contribution is 0.0953. The van der Waals surface area contributed by atoms with Crippen molar-refractivity contribution in [3.8, 4) is 17.2 Å². The average molecular weight is 361 g/mol. The number of nitrogens with zero attached hydrogens (tertiary/aromatic N) is 1. The molecule has 2 N–H and O–H groups in total. The van der Waals surface area contributed by atoms with Crippen molar-refractivity contribution < 1.29 is 27.4 Å². The van der Waals surface area contributed by atoms with Gasteiger partial charge in [0.25, 0.3) is 16.1 Å². The summed E-state index contributed by atoms with van der Waals surface area (Å²) in [6.45, 7) is 0.194. The zero-order chi connectivity index (χ0) is 18.3. The van der Waals surface area contributed by atoms with Crippen LogP contribution in [0.4, 0.5) is 0 Å². The number of hydrogen-bond donors (Lipinski definition) is 2. The Bertz CT molecular complexity index is 650. The molecule has 24 heavy (non-hydrogen) atoms. The summed E-state index contributed by atoms with van der Waals surface area (Å²) in [6.07, 6.45) is 0. The summed E-state index contributed by atoms with van der Waals surface area (Å²) < 4.78 is 42.0. The van der Waals surface area contributed by atoms with Crippen LogP contribution in [-0.4, -0.2) is 67.1 Å². The molecule has 0 aliphatic carbocycles. The third-order valence-corrected chi connectivity index (χ3v) is 4.63. The van der Waals surface area contributed by atoms with E-state index in [-0.39, 0.29) is 13.1 Å². The van der Waals surface area contributed by atoms with E-state index in [1.165, 1.54) is 47.6 Å². The number of carbonyl (C=O) groups excluding carboxylic acids is 1. The molecule has 1 aromatic carbocycles. The summed E-state index contributed by atoms with van der Waals surface area (Å²) >= 11 is 0. The van der Waals surface area contributed by atoms with Gasteiger partial charge in [0.15, 0.2) is 11.5 Å². The van der Waals surface area contributed by atoms with Gasteiger partial charge in [0.1, 0.15) is 0 Å². The topological polar surface area (TPSA) is 106 Å². The average Bonchev–Trinajstić information content (AvgIpc) is 2.56. The van der Waals surface area contributed by atoms with Gasteiger partial charge in [-0.25, -0.2) is 4.72 Å². The van der Waals surface area contributed by atoms with E-state index in [2.05, 4.69) is 10.0 Å². The second-order valence-electron chi connectivity index (χ2n) is 4.85. The Morgan fingerprint density at radius 1 is 1.04 bits per heavy atom. The molecule has 0 saturated heterocycles. The zero-order valence-electron chi connectivity index (χ0n) is 14.4. The minimum Gasteiger partial charge on any atom is -0.493 e. The second-order valence-corrected chi connectivity index (χ2v) is 6.82. The highest BCUT2D eigenvalue weighted by Gasteiger charge is 2.17. The molecule has 0 heterocycles. The van der Waals surface area contributed by atoms with Gasteiger partial charge < -0.3 is 19.5 Å². The van der Waals surface area contributed by atoms with E-state index in [0.29, 0.717) is 22.8 Å². The summed E-state index contributed by atoms with van der Waals surface area (Å²) in [5.41, 5.74) is 0.306. The number of carbonyl (C=O) groups is 1. The molecule has 0 bridgehead atoms. The summed E-state index contributed by atoms with van der Waals surface area (Å²) in [5, 5.41) is 2.61. The predicted molar refractivity (Wildman–Crippen MR) is 89.0 cm³/mol. The fourth-order valence-corrected chi connectivity index (χ4v) is 2.42. The quantitative estimate of drug-likeness (QED) is 0.592. The zero-order valence-corrected chi connectivity index (χ0v) is 15.2. The van der Waals surface area contributed by atoms with Crippen LogP contribution in [0, 0.1) is 0 Å². The van der Waals surface area contributed by atoms with Gasteiger partial charge in [0, 0.05) is 32.7 Å². The van der Waals surface area contributed by atoms with Crippen molar-refractivity contribution in [2.45, 2.75) is 0 Å². The number of methoxy groups -OCH3 is 3. The molecule has 0 radical (unpaired) electrons. The molecular formula is C14H23N3O6S. The molecule has 1 amide bonds. The highest BCUT2D eigenvalue weighted by molar-refractivity contribution is 7.87. The third kappa shape index (κ3) is 4.98. The standard InChI is InChI=1S/C14H23N3O6S/c1-17(2)24(19,20)16-7-6-15-14(18)10-8-11(21-3)13(23-5)12(9-10)22-4/h8-9,16H,6-7H2,1-5H3,(H,15,18). The van der Waals surface area contributed by atoms with Crippen LogP contribution in [0.3, 0.4) is 0 Å². The van der Waals surface area contributed by atoms with Crippen LogP contribution in [0.5, 0.6) is 17.2 Å². The first-order valence-electron chi connectivity index (χ1n) is 7.02. The lowest BCUT2D eigenvalue weighted by Crippen LogP contribution is -2.40. The van der Waals surface area contributed by atoms with Crippen LogP contribution >= 0.6 is 0 Å². The van der Waals surface area contributed by atoms with Crippen LogP contribution in [0.25, 0.3) is 0 Å². The maximum atomic E-state index is 12.2. The first-order valence-corrected chi connectivity index (χ1v) is 8.46. The molecule has 0 fully saturated rings. The van der Waals surface area contributed by atoms with E-state index >= 15 is 0 Å². The molecule has 136 valence electrons. The van der Waals surface area contributed by atoms with E-state index in [0.717, 1.165) is 4.31 Å². The molecule has 1 aromatic rings. The molecule has 0 saturated carbocycles. The Morgan fingerprint density at radius 3 is 2.00 bits per heavy atom. The molecule has 1 rings (SSSR count). The number of nitrogens with one attached hydrogen (secondary N) is 2. The molecule has 0 unspecified atom stereocenters. The maximum Gasteiger partial charge on any atom is 0.278 e. The molecule has 0 atom stereocenters. The predicted octanol–water partition coefficient (Wildman–Crippen LogP) is -0.162. The molecular weight excluding hydrogens is 338 g/mol. The van der Waals surface area contributed by atoms with Crippen molar-refractivity contribution in [3.63, 3.8) is 0 Å². The molecule has 0 aliphatic rings. The molecule has 0 aromatic heterocycles. The fourth-order valence-electron chi connectivity index (χ4n) is 1.80. The highest BCUT2D eigenvalue weighted by Crippen LogP contribution is 2.38. The van der Waals surface area contributed by atoms with E-state index < -0.39 is 16.1 Å². The molecule has 9 nitrogen and oxygen atoms in total. The Labute approximate surface area is 142 Å². The maximum absolute atomic E-state index is 12.2. The van der Waals surface area contributed by atoms with Gasteiger partial charge >= 0.3 is 0 Å². The number of amides is 1. The van der Waals surface area contributed by atoms with Crippen molar-refractivity contribution in [2.75, 3.05) is 48.5 Å². The third-order valence-electron chi connectivity index (χ3n) is 3.10. The minimum absolute atomic E-state index is 0.0661. The number of benzene rings is 1. The van der Waals surface area contributed by atoms with Gasteiger partial charge in [-0.3, -0.25) is 4.79 Å². The van der Waals surface area contributed by atoms with Crippen LogP contribution in [-0.2, 0) is 10.2 Å². The van der Waals surface area contributed by atoms with E-state index in [1.807, 2.05) is 0 Å². The van der Waals surface area contributed by atoms with Crippen molar-refractivity contribution in [1.82, 2.24) is 14.3 Å². The lowest BCUT2D eigenvalue weighted by atomic mass is 10.1. The van der Waals surface area contributed by atoms with Crippen LogP contribution in [0.2, 0.25) is 0 Å². The monoisotopic (exact) mass is 361 g/mol. The second kappa shape index (κ2) is 8.71. The summed E-state index contributed by atoms with van der Waals surface area (Å²) in [7, 11) is 3.69. The molecule has 10 heteroatoms. The molecule has 0 aliphatic heterocycles. The van der Waals surface area contributed by atoms with Crippen LogP contribution in [0.1, 0.15) is 10.4 Å². The minimum atomic E-state index is -3.52. The number of ether oxygens (including phenoxy) is 3. The van der Waals surface area contributed by atoms with Gasteiger partial charge in [-0.05, 0) is 12.1 Å². The Hall–Kier alpha value is -2.04.